The van der Waals surface area contributed by atoms with Gasteiger partial charge in [0.2, 0.25) is 5.88 Å². The van der Waals surface area contributed by atoms with Crippen LogP contribution in [-0.2, 0) is 16.0 Å². The van der Waals surface area contributed by atoms with Crippen LogP contribution in [0, 0.1) is 0 Å². The van der Waals surface area contributed by atoms with Gasteiger partial charge >= 0.3 is 5.97 Å². The number of methoxy groups -OCH3 is 1. The van der Waals surface area contributed by atoms with Gasteiger partial charge in [-0.15, -0.1) is 0 Å². The van der Waals surface area contributed by atoms with E-state index < -0.39 is 6.43 Å². The van der Waals surface area contributed by atoms with Crippen LogP contribution in [0.5, 0.6) is 5.88 Å². The third-order valence-corrected chi connectivity index (χ3v) is 4.03. The molecule has 0 fully saturated rings. The first kappa shape index (κ1) is 19.5. The van der Waals surface area contributed by atoms with Crippen LogP contribution in [0.15, 0.2) is 48.7 Å². The average molecular weight is 387 g/mol. The largest absolute Gasteiger partial charge is 0.481 e. The molecule has 0 aliphatic heterocycles. The fourth-order valence-corrected chi connectivity index (χ4v) is 2.70. The highest BCUT2D eigenvalue weighted by atomic mass is 19.3. The van der Waals surface area contributed by atoms with Crippen LogP contribution in [0.3, 0.4) is 0 Å². The molecule has 28 heavy (non-hydrogen) atoms. The van der Waals surface area contributed by atoms with Crippen LogP contribution < -0.4 is 4.74 Å². The van der Waals surface area contributed by atoms with Crippen LogP contribution in [0.4, 0.5) is 8.78 Å². The van der Waals surface area contributed by atoms with E-state index in [1.807, 2.05) is 0 Å². The molecule has 0 atom stereocenters. The van der Waals surface area contributed by atoms with Gasteiger partial charge in [-0.05, 0) is 24.6 Å². The van der Waals surface area contributed by atoms with Gasteiger partial charge in [0, 0.05) is 11.6 Å². The van der Waals surface area contributed by atoms with Crippen LogP contribution >= 0.6 is 0 Å². The zero-order valence-electron chi connectivity index (χ0n) is 15.4. The van der Waals surface area contributed by atoms with E-state index in [-0.39, 0.29) is 18.1 Å². The maximum Gasteiger partial charge on any atom is 0.310 e. The zero-order chi connectivity index (χ0) is 20.1. The van der Waals surface area contributed by atoms with Crippen molar-refractivity contribution in [3.8, 4) is 22.8 Å². The first-order valence-corrected chi connectivity index (χ1v) is 8.65. The number of pyridine rings is 1. The fourth-order valence-electron chi connectivity index (χ4n) is 2.70. The second-order valence-corrected chi connectivity index (χ2v) is 5.90. The quantitative estimate of drug-likeness (QED) is 0.574. The van der Waals surface area contributed by atoms with Crippen LogP contribution in [0.1, 0.15) is 24.6 Å². The number of nitrogens with zero attached hydrogens (tertiary/aromatic N) is 3. The molecule has 0 spiro atoms. The lowest BCUT2D eigenvalue weighted by molar-refractivity contribution is -0.142. The van der Waals surface area contributed by atoms with Crippen molar-refractivity contribution in [2.75, 3.05) is 13.7 Å². The lowest BCUT2D eigenvalue weighted by Crippen LogP contribution is -2.07. The number of rotatable bonds is 7. The summed E-state index contributed by atoms with van der Waals surface area (Å²) in [6, 6.07) is 11.7. The Balaban J connectivity index is 1.95. The van der Waals surface area contributed by atoms with Gasteiger partial charge in [0.15, 0.2) is 0 Å². The van der Waals surface area contributed by atoms with E-state index in [9.17, 15) is 13.6 Å². The Labute approximate surface area is 160 Å². The molecule has 3 aromatic rings. The van der Waals surface area contributed by atoms with Crippen molar-refractivity contribution in [1.29, 1.82) is 0 Å². The van der Waals surface area contributed by atoms with Crippen molar-refractivity contribution in [3.63, 3.8) is 0 Å². The van der Waals surface area contributed by atoms with Gasteiger partial charge in [-0.1, -0.05) is 24.3 Å². The minimum absolute atomic E-state index is 0.151. The van der Waals surface area contributed by atoms with Crippen LogP contribution in [-0.4, -0.2) is 34.5 Å². The van der Waals surface area contributed by atoms with E-state index >= 15 is 0 Å². The number of hydrogen-bond acceptors (Lipinski definition) is 5. The number of aromatic nitrogens is 3. The second-order valence-electron chi connectivity index (χ2n) is 5.90. The number of carbonyl (C=O) groups is 1. The normalized spacial score (nSPS) is 10.9. The molecule has 146 valence electrons. The second kappa shape index (κ2) is 8.60. The summed E-state index contributed by atoms with van der Waals surface area (Å²) in [6.45, 7) is 2.07. The van der Waals surface area contributed by atoms with Gasteiger partial charge in [0.05, 0.1) is 37.7 Å². The van der Waals surface area contributed by atoms with E-state index in [4.69, 9.17) is 9.47 Å². The monoisotopic (exact) mass is 387 g/mol. The summed E-state index contributed by atoms with van der Waals surface area (Å²) in [4.78, 5) is 15.7. The Hall–Kier alpha value is -3.29. The predicted octanol–water partition coefficient (Wildman–Crippen LogP) is 3.99. The molecule has 0 aliphatic rings. The van der Waals surface area contributed by atoms with Crippen molar-refractivity contribution in [2.45, 2.75) is 19.8 Å². The van der Waals surface area contributed by atoms with Gasteiger partial charge in [0.25, 0.3) is 6.43 Å². The maximum absolute atomic E-state index is 13.2. The standard InChI is InChI=1S/C20H19F2N3O3/c1-3-28-19(26)10-13-4-6-14(7-5-13)17-11-16(20(21)22)24-25(17)15-8-9-18(27-2)23-12-15/h4-9,11-12,20H,3,10H2,1-2H3. The molecular formula is C20H19F2N3O3. The van der Waals surface area contributed by atoms with E-state index in [1.165, 1.54) is 24.1 Å². The number of ether oxygens (including phenoxy) is 2. The molecule has 0 N–H and O–H groups in total. The Kier molecular flexibility index (Phi) is 5.98. The van der Waals surface area contributed by atoms with Gasteiger partial charge in [0.1, 0.15) is 5.69 Å². The first-order chi connectivity index (χ1) is 13.5. The summed E-state index contributed by atoms with van der Waals surface area (Å²) in [6.07, 6.45) is -1.05. The number of alkyl halides is 2. The SMILES string of the molecule is CCOC(=O)Cc1ccc(-c2cc(C(F)F)nn2-c2ccc(OC)nc2)cc1. The molecule has 6 nitrogen and oxygen atoms in total. The van der Waals surface area contributed by atoms with Crippen LogP contribution in [0.25, 0.3) is 16.9 Å². The highest BCUT2D eigenvalue weighted by Gasteiger charge is 2.18. The van der Waals surface area contributed by atoms with Gasteiger partial charge < -0.3 is 9.47 Å². The molecule has 0 saturated heterocycles. The van der Waals surface area contributed by atoms with E-state index in [1.54, 1.807) is 43.3 Å². The molecule has 0 aliphatic carbocycles. The summed E-state index contributed by atoms with van der Waals surface area (Å²) in [5.74, 6) is 0.0967. The minimum atomic E-state index is -2.70. The Morgan fingerprint density at radius 2 is 1.93 bits per heavy atom. The Morgan fingerprint density at radius 1 is 1.18 bits per heavy atom. The summed E-state index contributed by atoms with van der Waals surface area (Å²) < 4.78 is 37.8. The molecular weight excluding hydrogens is 368 g/mol. The molecule has 0 radical (unpaired) electrons. The third-order valence-electron chi connectivity index (χ3n) is 4.03. The van der Waals surface area contributed by atoms with Crippen LogP contribution in [0.2, 0.25) is 0 Å². The molecule has 0 saturated carbocycles. The predicted molar refractivity (Wildman–Crippen MR) is 98.6 cm³/mol. The van der Waals surface area contributed by atoms with Gasteiger partial charge in [-0.2, -0.15) is 5.10 Å². The number of hydrogen-bond donors (Lipinski definition) is 0. The van der Waals surface area contributed by atoms with Crippen molar-refractivity contribution < 1.29 is 23.0 Å². The molecule has 2 heterocycles. The lowest BCUT2D eigenvalue weighted by Gasteiger charge is -2.09. The molecule has 0 amide bonds. The molecule has 2 aromatic heterocycles. The fraction of sp³-hybridized carbons (Fsp3) is 0.250. The van der Waals surface area contributed by atoms with Gasteiger partial charge in [-0.25, -0.2) is 18.4 Å². The molecule has 0 bridgehead atoms. The topological polar surface area (TPSA) is 66.2 Å². The summed E-state index contributed by atoms with van der Waals surface area (Å²) in [5.41, 5.74) is 2.14. The minimum Gasteiger partial charge on any atom is -0.481 e. The smallest absolute Gasteiger partial charge is 0.310 e. The van der Waals surface area contributed by atoms with Crippen molar-refractivity contribution >= 4 is 5.97 Å². The lowest BCUT2D eigenvalue weighted by atomic mass is 10.1. The first-order valence-electron chi connectivity index (χ1n) is 8.65. The highest BCUT2D eigenvalue weighted by Crippen LogP contribution is 2.28. The zero-order valence-corrected chi connectivity index (χ0v) is 15.4. The third kappa shape index (κ3) is 4.33. The highest BCUT2D eigenvalue weighted by molar-refractivity contribution is 5.73. The summed E-state index contributed by atoms with van der Waals surface area (Å²) in [5, 5.41) is 4.02. The van der Waals surface area contributed by atoms with E-state index in [0.29, 0.717) is 29.4 Å². The van der Waals surface area contributed by atoms with Gasteiger partial charge in [-0.3, -0.25) is 4.79 Å². The molecule has 1 aromatic carbocycles. The Bertz CT molecular complexity index is 938. The maximum atomic E-state index is 13.2. The van der Waals surface area contributed by atoms with Crippen molar-refractivity contribution in [3.05, 3.63) is 59.9 Å². The molecule has 3 rings (SSSR count). The summed E-state index contributed by atoms with van der Waals surface area (Å²) in [7, 11) is 1.49. The molecule has 0 unspecified atom stereocenters. The van der Waals surface area contributed by atoms with E-state index in [2.05, 4.69) is 10.1 Å². The average Bonchev–Trinajstić information content (AvgIpc) is 3.14. The summed E-state index contributed by atoms with van der Waals surface area (Å²) >= 11 is 0. The number of benzene rings is 1. The number of esters is 1. The van der Waals surface area contributed by atoms with Crippen molar-refractivity contribution in [2.24, 2.45) is 0 Å². The number of carbonyl (C=O) groups excluding carboxylic acids is 1. The molecule has 8 heteroatoms. The van der Waals surface area contributed by atoms with E-state index in [0.717, 1.165) is 5.56 Å². The number of halogens is 2. The van der Waals surface area contributed by atoms with Crippen molar-refractivity contribution in [1.82, 2.24) is 14.8 Å². The Morgan fingerprint density at radius 3 is 2.50 bits per heavy atom.